The molecule has 56 heavy (non-hydrogen) atoms. The summed E-state index contributed by atoms with van der Waals surface area (Å²) in [5.74, 6) is 0.185. The van der Waals surface area contributed by atoms with E-state index in [9.17, 15) is 24.0 Å². The largest absolute Gasteiger partial charge is 0.464 e. The van der Waals surface area contributed by atoms with Crippen molar-refractivity contribution in [3.63, 3.8) is 0 Å². The highest BCUT2D eigenvalue weighted by molar-refractivity contribution is 5.72. The van der Waals surface area contributed by atoms with Crippen molar-refractivity contribution in [2.24, 2.45) is 17.8 Å². The molecule has 0 aromatic heterocycles. The van der Waals surface area contributed by atoms with Crippen LogP contribution in [-0.2, 0) is 47.7 Å². The Morgan fingerprint density at radius 1 is 0.571 bits per heavy atom. The Kier molecular flexibility index (Phi) is 51.8. The Labute approximate surface area is 342 Å². The molecular weight excluding hydrogens is 718 g/mol. The lowest BCUT2D eigenvalue weighted by Crippen LogP contribution is -2.84. The molecule has 0 aliphatic heterocycles. The first-order valence-electron chi connectivity index (χ1n) is 22.0. The van der Waals surface area contributed by atoms with Crippen LogP contribution in [-0.4, -0.2) is 87.7 Å². The van der Waals surface area contributed by atoms with E-state index in [1.807, 2.05) is 19.2 Å². The van der Waals surface area contributed by atoms with Gasteiger partial charge in [0.1, 0.15) is 19.8 Å². The van der Waals surface area contributed by atoms with Crippen LogP contribution in [0.4, 0.5) is 0 Å². The molecule has 0 bridgehead atoms. The second-order valence-corrected chi connectivity index (χ2v) is 14.9. The number of carbonyl (C=O) groups is 5. The second kappa shape index (κ2) is 48.4. The number of rotatable bonds is 34. The molecule has 0 heterocycles. The van der Waals surface area contributed by atoms with Gasteiger partial charge in [0, 0.05) is 12.8 Å². The molecule has 0 aliphatic carbocycles. The molecule has 0 aromatic carbocycles. The highest BCUT2D eigenvalue weighted by Gasteiger charge is 2.21. The number of nitrogens with two attached hydrogens (primary N) is 1. The zero-order valence-electron chi connectivity index (χ0n) is 37.6. The van der Waals surface area contributed by atoms with Gasteiger partial charge in [-0.3, -0.25) is 24.0 Å². The molecule has 334 valence electrons. The van der Waals surface area contributed by atoms with Gasteiger partial charge in [-0.2, -0.15) is 0 Å². The normalized spacial score (nSPS) is 11.9. The highest BCUT2D eigenvalue weighted by atomic mass is 16.6. The number of quaternary nitrogens is 1. The van der Waals surface area contributed by atoms with Gasteiger partial charge in [0.15, 0.2) is 12.2 Å². The minimum absolute atomic E-state index is 0.132. The Bertz CT molecular complexity index is 870. The molecule has 0 saturated heterocycles. The number of unbranched alkanes of at least 4 members (excludes halogenated alkanes) is 8. The van der Waals surface area contributed by atoms with Gasteiger partial charge >= 0.3 is 17.9 Å². The second-order valence-electron chi connectivity index (χ2n) is 14.9. The van der Waals surface area contributed by atoms with Crippen LogP contribution < -0.4 is 5.32 Å². The molecule has 0 rings (SSSR count). The van der Waals surface area contributed by atoms with Crippen molar-refractivity contribution in [1.82, 2.24) is 0 Å². The van der Waals surface area contributed by atoms with Gasteiger partial charge in [-0.15, -0.1) is 0 Å². The average molecular weight is 807 g/mol. The third-order valence-electron chi connectivity index (χ3n) is 8.40. The van der Waals surface area contributed by atoms with Crippen LogP contribution in [0.15, 0.2) is 0 Å². The first-order valence-corrected chi connectivity index (χ1v) is 22.0. The molecule has 3 unspecified atom stereocenters. The number of hydrogen-bond donors (Lipinski definition) is 2. The summed E-state index contributed by atoms with van der Waals surface area (Å²) in [6.07, 6.45) is 17.2. The molecule has 0 aliphatic rings. The van der Waals surface area contributed by atoms with Gasteiger partial charge in [-0.25, -0.2) is 0 Å². The highest BCUT2D eigenvalue weighted by Crippen LogP contribution is 2.13. The van der Waals surface area contributed by atoms with Crippen LogP contribution in [0.25, 0.3) is 0 Å². The molecule has 0 saturated carbocycles. The number of carbonyl (C=O) groups excluding carboxylic acids is 5. The lowest BCUT2D eigenvalue weighted by Gasteiger charge is -2.18. The predicted molar refractivity (Wildman–Crippen MR) is 224 cm³/mol. The number of ether oxygens (including phenoxy) is 5. The first kappa shape index (κ1) is 60.0. The Morgan fingerprint density at radius 3 is 1.41 bits per heavy atom. The van der Waals surface area contributed by atoms with Crippen molar-refractivity contribution in [2.45, 2.75) is 197 Å². The maximum absolute atomic E-state index is 12.2. The zero-order valence-corrected chi connectivity index (χ0v) is 37.6. The standard InChI is InChI=1S/C25H43NO11.C9H20.C8H18.C2H6/c1-3-4-5-6-9-20(2)25(32)35-17-22(16-34-19-29)37-24(31)11-8-13-26-12-7-10-23(30)36-21(14-27)15-33-18-28;1-4-5-6-7-8-9(2)3;1-4-5-6-7-8(2)3;1-2/h18-22,26-27H,3-17H2,1-2H3;9H,4-8H2,1-3H3;8H,4-7H2,1-3H3;1-2H3/p+1. The van der Waals surface area contributed by atoms with E-state index in [-0.39, 0.29) is 57.5 Å². The topological polar surface area (TPSA) is 168 Å². The zero-order chi connectivity index (χ0) is 43.2. The van der Waals surface area contributed by atoms with E-state index in [4.69, 9.17) is 24.1 Å². The molecule has 0 fully saturated rings. The van der Waals surface area contributed by atoms with Gasteiger partial charge in [0.2, 0.25) is 0 Å². The van der Waals surface area contributed by atoms with E-state index in [0.29, 0.717) is 25.9 Å². The van der Waals surface area contributed by atoms with E-state index >= 15 is 0 Å². The van der Waals surface area contributed by atoms with Gasteiger partial charge in [0.25, 0.3) is 12.9 Å². The summed E-state index contributed by atoms with van der Waals surface area (Å²) in [4.78, 5) is 56.7. The number of aliphatic hydroxyl groups excluding tert-OH is 1. The molecule has 0 spiro atoms. The summed E-state index contributed by atoms with van der Waals surface area (Å²) in [7, 11) is 0. The van der Waals surface area contributed by atoms with Crippen LogP contribution >= 0.6 is 0 Å². The summed E-state index contributed by atoms with van der Waals surface area (Å²) in [5, 5.41) is 11.0. The van der Waals surface area contributed by atoms with Crippen molar-refractivity contribution in [1.29, 1.82) is 0 Å². The van der Waals surface area contributed by atoms with Crippen molar-refractivity contribution in [2.75, 3.05) is 39.5 Å². The van der Waals surface area contributed by atoms with E-state index in [1.165, 1.54) is 57.8 Å². The van der Waals surface area contributed by atoms with Crippen molar-refractivity contribution in [3.8, 4) is 0 Å². The summed E-state index contributed by atoms with van der Waals surface area (Å²) >= 11 is 0. The van der Waals surface area contributed by atoms with E-state index in [2.05, 4.69) is 53.2 Å². The maximum Gasteiger partial charge on any atom is 0.308 e. The third kappa shape index (κ3) is 49.3. The molecule has 3 atom stereocenters. The van der Waals surface area contributed by atoms with Crippen molar-refractivity contribution in [3.05, 3.63) is 0 Å². The van der Waals surface area contributed by atoms with Crippen molar-refractivity contribution < 1.29 is 58.1 Å². The fraction of sp³-hybridized carbons (Fsp3) is 0.886. The minimum Gasteiger partial charge on any atom is -0.464 e. The summed E-state index contributed by atoms with van der Waals surface area (Å²) in [6, 6.07) is 0. The van der Waals surface area contributed by atoms with Gasteiger partial charge < -0.3 is 34.1 Å². The average Bonchev–Trinajstić information content (AvgIpc) is 3.18. The molecule has 0 amide bonds. The van der Waals surface area contributed by atoms with E-state index in [1.54, 1.807) is 6.92 Å². The first-order chi connectivity index (χ1) is 26.9. The Hall–Kier alpha value is -2.73. The fourth-order valence-electron chi connectivity index (χ4n) is 5.04. The van der Waals surface area contributed by atoms with Gasteiger partial charge in [-0.05, 0) is 18.3 Å². The quantitative estimate of drug-likeness (QED) is 0.0278. The van der Waals surface area contributed by atoms with E-state index in [0.717, 1.165) is 43.9 Å². The number of hydrogen-bond acceptors (Lipinski definition) is 11. The molecule has 0 aromatic rings. The Morgan fingerprint density at radius 2 is 0.982 bits per heavy atom. The number of aliphatic hydroxyl groups is 1. The van der Waals surface area contributed by atoms with Crippen LogP contribution in [0.5, 0.6) is 0 Å². The van der Waals surface area contributed by atoms with Gasteiger partial charge in [-0.1, -0.05) is 153 Å². The molecular formula is C44H88NO11+. The summed E-state index contributed by atoms with van der Waals surface area (Å²) < 4.78 is 24.7. The molecule has 0 radical (unpaired) electrons. The Balaban J connectivity index is -0.000000580. The summed E-state index contributed by atoms with van der Waals surface area (Å²) in [6.45, 7) is 22.3. The molecule has 3 N–H and O–H groups in total. The van der Waals surface area contributed by atoms with Gasteiger partial charge in [0.05, 0.1) is 38.5 Å². The SMILES string of the molecule is CC.CCCCCC(C)C.CCCCCCC(C)C.CCCCCCC(C)C(=O)OCC(COC=O)OC(=O)CCC[NH2+]CCCC(=O)OC(CO)COC=O. The molecule has 12 nitrogen and oxygen atoms in total. The number of esters is 3. The fourth-order valence-corrected chi connectivity index (χ4v) is 5.04. The lowest BCUT2D eigenvalue weighted by atomic mass is 10.0. The smallest absolute Gasteiger partial charge is 0.308 e. The maximum atomic E-state index is 12.2. The minimum atomic E-state index is -0.879. The van der Waals surface area contributed by atoms with Crippen LogP contribution in [0.3, 0.4) is 0 Å². The van der Waals surface area contributed by atoms with Crippen LogP contribution in [0, 0.1) is 17.8 Å². The monoisotopic (exact) mass is 807 g/mol. The van der Waals surface area contributed by atoms with Crippen LogP contribution in [0.2, 0.25) is 0 Å². The lowest BCUT2D eigenvalue weighted by molar-refractivity contribution is -0.655. The predicted octanol–water partition coefficient (Wildman–Crippen LogP) is 8.28. The van der Waals surface area contributed by atoms with Crippen molar-refractivity contribution >= 4 is 30.9 Å². The summed E-state index contributed by atoms with van der Waals surface area (Å²) in [5.41, 5.74) is 0. The third-order valence-corrected chi connectivity index (χ3v) is 8.40. The van der Waals surface area contributed by atoms with E-state index < -0.39 is 30.8 Å². The van der Waals surface area contributed by atoms with Crippen LogP contribution in [0.1, 0.15) is 185 Å². The molecule has 12 heteroatoms.